The first-order valence-electron chi connectivity index (χ1n) is 5.26. The molecule has 0 bridgehead atoms. The summed E-state index contributed by atoms with van der Waals surface area (Å²) in [4.78, 5) is 47.1. The molecule has 0 saturated heterocycles. The predicted octanol–water partition coefficient (Wildman–Crippen LogP) is -1.43. The molecule has 3 aromatic rings. The number of fused-ring (bicyclic) bond motifs is 2. The molecule has 8 nitrogen and oxygen atoms in total. The Morgan fingerprint density at radius 3 is 1.10 bits per heavy atom. The van der Waals surface area contributed by atoms with Gasteiger partial charge in [-0.15, -0.1) is 0 Å². The van der Waals surface area contributed by atoms with Crippen LogP contribution < -0.4 is 22.2 Å². The monoisotopic (exact) mass is 266 g/mol. The highest BCUT2D eigenvalue weighted by molar-refractivity contribution is 5.98. The minimum absolute atomic E-state index is 0.128. The van der Waals surface area contributed by atoms with E-state index < -0.39 is 22.2 Å². The lowest BCUT2D eigenvalue weighted by atomic mass is 10.1. The first-order valence-corrected chi connectivity index (χ1v) is 5.26. The number of benzene rings is 1. The van der Waals surface area contributed by atoms with Crippen LogP contribution in [-0.2, 0) is 0 Å². The van der Waals surface area contributed by atoms with Crippen molar-refractivity contribution < 1.29 is 0 Å². The van der Waals surface area contributed by atoms with E-state index in [-0.39, 0.29) is 21.5 Å². The minimum atomic E-state index is -0.856. The minimum Gasteiger partial charge on any atom is -0.267 e. The SMILES string of the molecule is N#Cn1c(=O)c2cc3c(=O)n(C#N)c(=O)c3cc2c1=O. The molecular weight excluding hydrogens is 264 g/mol. The van der Waals surface area contributed by atoms with Crippen LogP contribution in [0.2, 0.25) is 0 Å². The molecule has 1 aromatic carbocycles. The second-order valence-corrected chi connectivity index (χ2v) is 4.03. The zero-order chi connectivity index (χ0) is 14.6. The molecule has 94 valence electrons. The van der Waals surface area contributed by atoms with Crippen molar-refractivity contribution in [1.82, 2.24) is 9.13 Å². The van der Waals surface area contributed by atoms with Gasteiger partial charge in [-0.05, 0) is 12.1 Å². The highest BCUT2D eigenvalue weighted by Gasteiger charge is 2.19. The summed E-state index contributed by atoms with van der Waals surface area (Å²) < 4.78 is 0.688. The molecule has 0 saturated carbocycles. The lowest BCUT2D eigenvalue weighted by Gasteiger charge is -1.86. The van der Waals surface area contributed by atoms with E-state index in [2.05, 4.69) is 0 Å². The maximum Gasteiger partial charge on any atom is 0.275 e. The highest BCUT2D eigenvalue weighted by atomic mass is 16.2. The van der Waals surface area contributed by atoms with Crippen LogP contribution in [0.1, 0.15) is 0 Å². The third kappa shape index (κ3) is 1.12. The van der Waals surface area contributed by atoms with Gasteiger partial charge in [0, 0.05) is 0 Å². The normalized spacial score (nSPS) is 10.7. The van der Waals surface area contributed by atoms with E-state index in [0.717, 1.165) is 12.1 Å². The molecule has 0 amide bonds. The molecule has 0 aliphatic rings. The Bertz CT molecular complexity index is 1020. The Balaban J connectivity index is 2.73. The van der Waals surface area contributed by atoms with Gasteiger partial charge in [-0.1, -0.05) is 0 Å². The van der Waals surface area contributed by atoms with Crippen LogP contribution in [0.25, 0.3) is 21.5 Å². The van der Waals surface area contributed by atoms with Crippen LogP contribution >= 0.6 is 0 Å². The fourth-order valence-corrected chi connectivity index (χ4v) is 2.16. The molecule has 20 heavy (non-hydrogen) atoms. The molecular formula is C12H2N4O4. The molecule has 2 heterocycles. The van der Waals surface area contributed by atoms with Gasteiger partial charge >= 0.3 is 0 Å². The predicted molar refractivity (Wildman–Crippen MR) is 66.9 cm³/mol. The van der Waals surface area contributed by atoms with Crippen molar-refractivity contribution >= 4 is 21.5 Å². The van der Waals surface area contributed by atoms with Gasteiger partial charge in [-0.3, -0.25) is 19.2 Å². The Morgan fingerprint density at radius 2 is 0.900 bits per heavy atom. The Hall–Kier alpha value is -3.52. The molecule has 0 aliphatic carbocycles. The van der Waals surface area contributed by atoms with E-state index in [1.165, 1.54) is 12.4 Å². The van der Waals surface area contributed by atoms with Gasteiger partial charge in [0.05, 0.1) is 21.5 Å². The van der Waals surface area contributed by atoms with Gasteiger partial charge in [0.25, 0.3) is 22.2 Å². The molecule has 0 N–H and O–H groups in total. The third-order valence-electron chi connectivity index (χ3n) is 3.09. The quantitative estimate of drug-likeness (QED) is 0.491. The van der Waals surface area contributed by atoms with Crippen LogP contribution in [-0.4, -0.2) is 9.13 Å². The summed E-state index contributed by atoms with van der Waals surface area (Å²) in [7, 11) is 0. The van der Waals surface area contributed by atoms with E-state index >= 15 is 0 Å². The molecule has 8 heteroatoms. The van der Waals surface area contributed by atoms with Crippen molar-refractivity contribution in [1.29, 1.82) is 10.5 Å². The van der Waals surface area contributed by atoms with Gasteiger partial charge in [0.15, 0.2) is 12.4 Å². The largest absolute Gasteiger partial charge is 0.275 e. The smallest absolute Gasteiger partial charge is 0.267 e. The third-order valence-corrected chi connectivity index (χ3v) is 3.09. The zero-order valence-corrected chi connectivity index (χ0v) is 9.58. The molecule has 0 aliphatic heterocycles. The Labute approximate surface area is 108 Å². The maximum absolute atomic E-state index is 11.8. The van der Waals surface area contributed by atoms with E-state index in [4.69, 9.17) is 10.5 Å². The molecule has 0 radical (unpaired) electrons. The standard InChI is InChI=1S/C12H2N4O4/c13-3-15-9(17)5-1-6-8(2-7(5)11(15)19)12(20)16(4-14)10(6)18/h1-2H. The Morgan fingerprint density at radius 1 is 0.650 bits per heavy atom. The number of hydrogen-bond acceptors (Lipinski definition) is 6. The van der Waals surface area contributed by atoms with Crippen molar-refractivity contribution in [3.8, 4) is 12.4 Å². The lowest BCUT2D eigenvalue weighted by molar-refractivity contribution is 1.01. The van der Waals surface area contributed by atoms with Crippen LogP contribution in [0.4, 0.5) is 0 Å². The molecule has 0 atom stereocenters. The molecule has 0 unspecified atom stereocenters. The summed E-state index contributed by atoms with van der Waals surface area (Å²) in [6.07, 6.45) is 2.86. The van der Waals surface area contributed by atoms with Gasteiger partial charge in [0.1, 0.15) is 0 Å². The van der Waals surface area contributed by atoms with Crippen molar-refractivity contribution in [3.63, 3.8) is 0 Å². The van der Waals surface area contributed by atoms with Crippen molar-refractivity contribution in [2.45, 2.75) is 0 Å². The summed E-state index contributed by atoms with van der Waals surface area (Å²) >= 11 is 0. The van der Waals surface area contributed by atoms with Gasteiger partial charge in [-0.2, -0.15) is 19.7 Å². The van der Waals surface area contributed by atoms with Crippen molar-refractivity contribution in [2.24, 2.45) is 0 Å². The van der Waals surface area contributed by atoms with Gasteiger partial charge in [0.2, 0.25) is 0 Å². The average molecular weight is 266 g/mol. The number of rotatable bonds is 0. The molecule has 0 spiro atoms. The number of nitrogens with zero attached hydrogens (tertiary/aromatic N) is 4. The topological polar surface area (TPSA) is 126 Å². The summed E-state index contributed by atoms with van der Waals surface area (Å²) in [5.41, 5.74) is -3.42. The van der Waals surface area contributed by atoms with Gasteiger partial charge < -0.3 is 0 Å². The summed E-state index contributed by atoms with van der Waals surface area (Å²) in [6.45, 7) is 0. The van der Waals surface area contributed by atoms with Crippen molar-refractivity contribution in [3.05, 3.63) is 53.5 Å². The first kappa shape index (κ1) is 11.6. The zero-order valence-electron chi connectivity index (χ0n) is 9.58. The fourth-order valence-electron chi connectivity index (χ4n) is 2.16. The highest BCUT2D eigenvalue weighted by Crippen LogP contribution is 2.13. The maximum atomic E-state index is 11.8. The summed E-state index contributed by atoms with van der Waals surface area (Å²) in [6, 6.07) is 2.14. The van der Waals surface area contributed by atoms with E-state index in [1.807, 2.05) is 0 Å². The van der Waals surface area contributed by atoms with E-state index in [9.17, 15) is 19.2 Å². The van der Waals surface area contributed by atoms with Crippen molar-refractivity contribution in [2.75, 3.05) is 0 Å². The number of hydrogen-bond donors (Lipinski definition) is 0. The average Bonchev–Trinajstić information content (AvgIpc) is 2.82. The number of aromatic nitrogens is 2. The second-order valence-electron chi connectivity index (χ2n) is 4.03. The van der Waals surface area contributed by atoms with Gasteiger partial charge in [-0.25, -0.2) is 0 Å². The summed E-state index contributed by atoms with van der Waals surface area (Å²) in [5, 5.41) is 16.9. The molecule has 3 rings (SSSR count). The second kappa shape index (κ2) is 3.49. The van der Waals surface area contributed by atoms with Crippen LogP contribution in [0.5, 0.6) is 0 Å². The van der Waals surface area contributed by atoms with E-state index in [0.29, 0.717) is 9.13 Å². The fraction of sp³-hybridized carbons (Fsp3) is 0. The molecule has 0 fully saturated rings. The summed E-state index contributed by atoms with van der Waals surface area (Å²) in [5.74, 6) is 0. The lowest BCUT2D eigenvalue weighted by Crippen LogP contribution is -2.21. The van der Waals surface area contributed by atoms with E-state index in [1.54, 1.807) is 0 Å². The Kier molecular flexibility index (Phi) is 2.02. The number of nitriles is 2. The van der Waals surface area contributed by atoms with Crippen LogP contribution in [0.3, 0.4) is 0 Å². The van der Waals surface area contributed by atoms with Crippen LogP contribution in [0.15, 0.2) is 31.3 Å². The molecule has 2 aromatic heterocycles. The first-order chi connectivity index (χ1) is 9.51. The van der Waals surface area contributed by atoms with Crippen LogP contribution in [0, 0.1) is 22.9 Å².